The molecule has 5 rings (SSSR count). The molecule has 0 atom stereocenters. The zero-order chi connectivity index (χ0) is 23.5. The highest BCUT2D eigenvalue weighted by Crippen LogP contribution is 2.36. The van der Waals surface area contributed by atoms with Crippen molar-refractivity contribution in [2.75, 3.05) is 0 Å². The van der Waals surface area contributed by atoms with E-state index in [4.69, 9.17) is 9.73 Å². The maximum atomic E-state index is 12.8. The molecule has 0 radical (unpaired) electrons. The third-order valence-corrected chi connectivity index (χ3v) is 5.51. The molecule has 0 unspecified atom stereocenters. The lowest BCUT2D eigenvalue weighted by molar-refractivity contribution is -0.384. The molecule has 0 saturated carbocycles. The first-order chi connectivity index (χ1) is 16.6. The van der Waals surface area contributed by atoms with Gasteiger partial charge in [-0.15, -0.1) is 0 Å². The van der Waals surface area contributed by atoms with Crippen LogP contribution >= 0.6 is 0 Å². The summed E-state index contributed by atoms with van der Waals surface area (Å²) in [6.07, 6.45) is 1.76. The molecule has 5 aromatic rings. The van der Waals surface area contributed by atoms with Crippen LogP contribution < -0.4 is 4.74 Å². The summed E-state index contributed by atoms with van der Waals surface area (Å²) in [7, 11) is 0. The number of hydrogen-bond donors (Lipinski definition) is 0. The SMILES string of the molecule is O=C(Oc1ccc2ccccc2c1N=Cc1cccc2ccccc12)c1cccc([N+](=O)[O-])c1. The van der Waals surface area contributed by atoms with E-state index in [9.17, 15) is 14.9 Å². The number of benzene rings is 5. The Morgan fingerprint density at radius 3 is 2.26 bits per heavy atom. The summed E-state index contributed by atoms with van der Waals surface area (Å²) in [5, 5.41) is 15.0. The summed E-state index contributed by atoms with van der Waals surface area (Å²) in [6, 6.07) is 30.7. The fraction of sp³-hybridized carbons (Fsp3) is 0. The Balaban J connectivity index is 1.57. The summed E-state index contributed by atoms with van der Waals surface area (Å²) < 4.78 is 5.68. The summed E-state index contributed by atoms with van der Waals surface area (Å²) in [5.74, 6) is -0.424. The van der Waals surface area contributed by atoms with Crippen molar-refractivity contribution in [2.45, 2.75) is 0 Å². The van der Waals surface area contributed by atoms with Crippen LogP contribution in [-0.4, -0.2) is 17.1 Å². The molecule has 6 nitrogen and oxygen atoms in total. The minimum atomic E-state index is -0.694. The summed E-state index contributed by atoms with van der Waals surface area (Å²) >= 11 is 0. The van der Waals surface area contributed by atoms with Gasteiger partial charge in [-0.2, -0.15) is 0 Å². The van der Waals surface area contributed by atoms with Crippen molar-refractivity contribution in [3.8, 4) is 5.75 Å². The highest BCUT2D eigenvalue weighted by molar-refractivity contribution is 6.04. The fourth-order valence-corrected chi connectivity index (χ4v) is 3.85. The van der Waals surface area contributed by atoms with Gasteiger partial charge in [0.25, 0.3) is 5.69 Å². The van der Waals surface area contributed by atoms with Crippen molar-refractivity contribution < 1.29 is 14.5 Å². The van der Waals surface area contributed by atoms with Gasteiger partial charge in [0.1, 0.15) is 5.69 Å². The fourth-order valence-electron chi connectivity index (χ4n) is 3.85. The number of carbonyl (C=O) groups excluding carboxylic acids is 1. The number of hydrogen-bond acceptors (Lipinski definition) is 5. The normalized spacial score (nSPS) is 11.2. The third-order valence-electron chi connectivity index (χ3n) is 5.51. The van der Waals surface area contributed by atoms with E-state index in [0.717, 1.165) is 27.1 Å². The second-order valence-electron chi connectivity index (χ2n) is 7.66. The number of nitro benzene ring substituents is 1. The Labute approximate surface area is 194 Å². The van der Waals surface area contributed by atoms with Gasteiger partial charge in [0, 0.05) is 29.3 Å². The van der Waals surface area contributed by atoms with Crippen molar-refractivity contribution in [2.24, 2.45) is 4.99 Å². The number of ether oxygens (including phenoxy) is 1. The molecule has 0 amide bonds. The number of rotatable bonds is 5. The van der Waals surface area contributed by atoms with Crippen LogP contribution in [0, 0.1) is 10.1 Å². The maximum Gasteiger partial charge on any atom is 0.343 e. The Bertz CT molecular complexity index is 1590. The average Bonchev–Trinajstić information content (AvgIpc) is 2.88. The van der Waals surface area contributed by atoms with Crippen LogP contribution in [0.2, 0.25) is 0 Å². The van der Waals surface area contributed by atoms with Crippen LogP contribution in [0.5, 0.6) is 5.75 Å². The van der Waals surface area contributed by atoms with E-state index in [1.807, 2.05) is 72.8 Å². The monoisotopic (exact) mass is 446 g/mol. The largest absolute Gasteiger partial charge is 0.421 e. The minimum Gasteiger partial charge on any atom is -0.421 e. The quantitative estimate of drug-likeness (QED) is 0.0970. The first kappa shape index (κ1) is 21.0. The smallest absolute Gasteiger partial charge is 0.343 e. The molecule has 0 saturated heterocycles. The van der Waals surface area contributed by atoms with Crippen molar-refractivity contribution in [1.29, 1.82) is 0 Å². The lowest BCUT2D eigenvalue weighted by Gasteiger charge is -2.10. The molecule has 0 aliphatic rings. The summed E-state index contributed by atoms with van der Waals surface area (Å²) in [5.41, 5.74) is 1.35. The third kappa shape index (κ3) is 4.12. The van der Waals surface area contributed by atoms with Gasteiger partial charge >= 0.3 is 5.97 Å². The van der Waals surface area contributed by atoms with Crippen molar-refractivity contribution in [3.05, 3.63) is 124 Å². The summed E-state index contributed by atoms with van der Waals surface area (Å²) in [4.78, 5) is 28.1. The number of nitrogens with zero attached hydrogens (tertiary/aromatic N) is 2. The van der Waals surface area contributed by atoms with Crippen molar-refractivity contribution in [3.63, 3.8) is 0 Å². The molecular formula is C28H18N2O4. The maximum absolute atomic E-state index is 12.8. The Morgan fingerprint density at radius 1 is 0.794 bits per heavy atom. The number of aliphatic imine (C=N–C) groups is 1. The van der Waals surface area contributed by atoms with E-state index < -0.39 is 10.9 Å². The van der Waals surface area contributed by atoms with Gasteiger partial charge in [-0.25, -0.2) is 4.79 Å². The lowest BCUT2D eigenvalue weighted by Crippen LogP contribution is -2.09. The lowest BCUT2D eigenvalue weighted by atomic mass is 10.1. The van der Waals surface area contributed by atoms with Gasteiger partial charge in [0.15, 0.2) is 5.75 Å². The van der Waals surface area contributed by atoms with Crippen LogP contribution in [0.4, 0.5) is 11.4 Å². The molecule has 0 fully saturated rings. The standard InChI is InChI=1S/C28H18N2O4/c31-28(21-10-6-12-23(17-21)30(32)33)34-26-16-15-20-8-2-4-14-25(20)27(26)29-18-22-11-5-9-19-7-1-3-13-24(19)22/h1-18H. The van der Waals surface area contributed by atoms with Gasteiger partial charge in [-0.1, -0.05) is 78.9 Å². The first-order valence-electron chi connectivity index (χ1n) is 10.6. The zero-order valence-electron chi connectivity index (χ0n) is 17.9. The molecule has 0 heterocycles. The molecule has 5 aromatic carbocycles. The van der Waals surface area contributed by atoms with Gasteiger partial charge in [-0.05, 0) is 28.3 Å². The molecule has 0 spiro atoms. The number of nitro groups is 1. The first-order valence-corrected chi connectivity index (χ1v) is 10.6. The van der Waals surface area contributed by atoms with E-state index >= 15 is 0 Å². The predicted molar refractivity (Wildman–Crippen MR) is 133 cm³/mol. The van der Waals surface area contributed by atoms with Crippen LogP contribution in [0.1, 0.15) is 15.9 Å². The Kier molecular flexibility index (Phi) is 5.54. The molecule has 0 aliphatic heterocycles. The summed E-state index contributed by atoms with van der Waals surface area (Å²) in [6.45, 7) is 0. The van der Waals surface area contributed by atoms with Crippen molar-refractivity contribution in [1.82, 2.24) is 0 Å². The van der Waals surface area contributed by atoms with Crippen LogP contribution in [0.15, 0.2) is 108 Å². The second kappa shape index (κ2) is 8.96. The van der Waals surface area contributed by atoms with E-state index in [0.29, 0.717) is 5.69 Å². The van der Waals surface area contributed by atoms with Crippen LogP contribution in [0.25, 0.3) is 21.5 Å². The van der Waals surface area contributed by atoms with Crippen LogP contribution in [-0.2, 0) is 0 Å². The number of esters is 1. The predicted octanol–water partition coefficient (Wildman–Crippen LogP) is 6.87. The van der Waals surface area contributed by atoms with Gasteiger partial charge < -0.3 is 4.74 Å². The highest BCUT2D eigenvalue weighted by Gasteiger charge is 2.16. The molecule has 6 heteroatoms. The Hall–Kier alpha value is -4.84. The molecule has 0 N–H and O–H groups in total. The van der Waals surface area contributed by atoms with Crippen LogP contribution in [0.3, 0.4) is 0 Å². The van der Waals surface area contributed by atoms with Gasteiger partial charge in [0.2, 0.25) is 0 Å². The van der Waals surface area contributed by atoms with E-state index in [1.165, 1.54) is 24.3 Å². The molecule has 34 heavy (non-hydrogen) atoms. The zero-order valence-corrected chi connectivity index (χ0v) is 17.9. The number of fused-ring (bicyclic) bond motifs is 2. The van der Waals surface area contributed by atoms with Crippen molar-refractivity contribution >= 4 is 45.1 Å². The second-order valence-corrected chi connectivity index (χ2v) is 7.66. The van der Waals surface area contributed by atoms with Gasteiger partial charge in [-0.3, -0.25) is 15.1 Å². The van der Waals surface area contributed by atoms with E-state index in [-0.39, 0.29) is 17.0 Å². The van der Waals surface area contributed by atoms with Gasteiger partial charge in [0.05, 0.1) is 10.5 Å². The molecule has 0 bridgehead atoms. The number of non-ortho nitro benzene ring substituents is 1. The average molecular weight is 446 g/mol. The molecular weight excluding hydrogens is 428 g/mol. The Morgan fingerprint density at radius 2 is 1.47 bits per heavy atom. The number of carbonyl (C=O) groups is 1. The topological polar surface area (TPSA) is 81.8 Å². The molecule has 164 valence electrons. The minimum absolute atomic E-state index is 0.0892. The molecule has 0 aliphatic carbocycles. The van der Waals surface area contributed by atoms with E-state index in [2.05, 4.69) is 0 Å². The highest BCUT2D eigenvalue weighted by atomic mass is 16.6. The van der Waals surface area contributed by atoms with E-state index in [1.54, 1.807) is 12.3 Å². The molecule has 0 aromatic heterocycles.